The molecule has 2 unspecified atom stereocenters. The minimum absolute atomic E-state index is 0.0219. The van der Waals surface area contributed by atoms with Crippen LogP contribution >= 0.6 is 7.14 Å². The molecule has 3 aliphatic rings. The summed E-state index contributed by atoms with van der Waals surface area (Å²) in [6.45, 7) is 5.48. The second-order valence-corrected chi connectivity index (χ2v) is 11.5. The van der Waals surface area contributed by atoms with Gasteiger partial charge in [-0.05, 0) is 25.2 Å². The molecule has 25 heavy (non-hydrogen) atoms. The first-order chi connectivity index (χ1) is 12.0. The fourth-order valence-corrected chi connectivity index (χ4v) is 10.3. The Kier molecular flexibility index (Phi) is 3.09. The molecule has 4 atom stereocenters. The molecule has 4 bridgehead atoms. The molecule has 0 aromatic heterocycles. The van der Waals surface area contributed by atoms with Crippen LogP contribution in [-0.4, -0.2) is 11.9 Å². The molecule has 130 valence electrons. The zero-order valence-corrected chi connectivity index (χ0v) is 15.8. The zero-order chi connectivity index (χ0) is 17.3. The Hall–Kier alpha value is -1.37. The van der Waals surface area contributed by atoms with Gasteiger partial charge in [0.15, 0.2) is 7.14 Å². The Bertz CT molecular complexity index is 821. The van der Waals surface area contributed by atoms with Gasteiger partial charge in [-0.25, -0.2) is 0 Å². The van der Waals surface area contributed by atoms with Gasteiger partial charge in [-0.3, -0.25) is 0 Å². The molecule has 0 radical (unpaired) electrons. The van der Waals surface area contributed by atoms with Gasteiger partial charge in [0, 0.05) is 21.4 Å². The minimum atomic E-state index is -2.93. The predicted molar refractivity (Wildman–Crippen MR) is 102 cm³/mol. The van der Waals surface area contributed by atoms with Crippen LogP contribution in [0, 0.1) is 16.7 Å². The Balaban J connectivity index is 1.81. The first-order valence-electron chi connectivity index (χ1n) is 9.33. The van der Waals surface area contributed by atoms with Crippen LogP contribution in [0.5, 0.6) is 0 Å². The highest BCUT2D eigenvalue weighted by Crippen LogP contribution is 2.84. The van der Waals surface area contributed by atoms with Crippen molar-refractivity contribution >= 4 is 17.8 Å². The standard InChI is InChI=1S/C22H25O2P/c1-20-16-24-22(15-17(20)13-14-21(20,22)2)25(23,18-9-5-3-6-10-18)19-11-7-4-8-12-19/h3-12,17H,13-16H2,1-2H3/t17?,20-,21?,22+/m0/s1. The lowest BCUT2D eigenvalue weighted by Gasteiger charge is -2.47. The van der Waals surface area contributed by atoms with E-state index in [2.05, 4.69) is 13.8 Å². The maximum Gasteiger partial charge on any atom is 0.174 e. The van der Waals surface area contributed by atoms with Gasteiger partial charge in [0.2, 0.25) is 0 Å². The quantitative estimate of drug-likeness (QED) is 0.758. The van der Waals surface area contributed by atoms with Gasteiger partial charge in [0.05, 0.1) is 6.61 Å². The Morgan fingerprint density at radius 2 is 1.52 bits per heavy atom. The van der Waals surface area contributed by atoms with Crippen molar-refractivity contribution in [1.29, 1.82) is 0 Å². The van der Waals surface area contributed by atoms with Gasteiger partial charge in [0.1, 0.15) is 5.34 Å². The van der Waals surface area contributed by atoms with E-state index in [1.54, 1.807) is 0 Å². The SMILES string of the molecule is CC12CCC3C[C@]1(P(=O)(c1ccccc1)c1ccccc1)OC[C@@]32C. The Morgan fingerprint density at radius 3 is 2.00 bits per heavy atom. The van der Waals surface area contributed by atoms with E-state index < -0.39 is 12.5 Å². The van der Waals surface area contributed by atoms with Crippen LogP contribution < -0.4 is 10.6 Å². The van der Waals surface area contributed by atoms with Gasteiger partial charge >= 0.3 is 0 Å². The maximum absolute atomic E-state index is 15.0. The van der Waals surface area contributed by atoms with E-state index in [-0.39, 0.29) is 10.8 Å². The normalized spacial score (nSPS) is 39.0. The summed E-state index contributed by atoms with van der Waals surface area (Å²) in [6, 6.07) is 20.2. The molecular weight excluding hydrogens is 327 g/mol. The summed E-state index contributed by atoms with van der Waals surface area (Å²) in [7, 11) is -2.93. The van der Waals surface area contributed by atoms with Crippen LogP contribution in [0.3, 0.4) is 0 Å². The predicted octanol–water partition coefficient (Wildman–Crippen LogP) is 4.55. The molecule has 2 nitrogen and oxygen atoms in total. The molecule has 0 spiro atoms. The van der Waals surface area contributed by atoms with Crippen LogP contribution in [0.4, 0.5) is 0 Å². The van der Waals surface area contributed by atoms with Crippen molar-refractivity contribution in [2.24, 2.45) is 16.7 Å². The molecule has 1 heterocycles. The van der Waals surface area contributed by atoms with Gasteiger partial charge in [-0.1, -0.05) is 74.5 Å². The monoisotopic (exact) mass is 352 g/mol. The highest BCUT2D eigenvalue weighted by atomic mass is 31.2. The fraction of sp³-hybridized carbons (Fsp3) is 0.455. The van der Waals surface area contributed by atoms with E-state index >= 15 is 4.57 Å². The van der Waals surface area contributed by atoms with Crippen molar-refractivity contribution in [1.82, 2.24) is 0 Å². The fourth-order valence-electron chi connectivity index (χ4n) is 6.22. The Labute approximate surface area is 150 Å². The van der Waals surface area contributed by atoms with Crippen molar-refractivity contribution in [2.75, 3.05) is 6.61 Å². The number of benzene rings is 2. The van der Waals surface area contributed by atoms with Crippen LogP contribution in [0.1, 0.15) is 33.1 Å². The van der Waals surface area contributed by atoms with Crippen LogP contribution in [0.25, 0.3) is 0 Å². The summed E-state index contributed by atoms with van der Waals surface area (Å²) in [4.78, 5) is 0. The zero-order valence-electron chi connectivity index (χ0n) is 14.9. The summed E-state index contributed by atoms with van der Waals surface area (Å²) in [5.41, 5.74) is 0.137. The number of rotatable bonds is 3. The molecule has 2 aromatic rings. The molecule has 0 N–H and O–H groups in total. The molecule has 3 heteroatoms. The summed E-state index contributed by atoms with van der Waals surface area (Å²) in [6.07, 6.45) is 3.31. The maximum atomic E-state index is 15.0. The van der Waals surface area contributed by atoms with Crippen molar-refractivity contribution < 1.29 is 9.30 Å². The van der Waals surface area contributed by atoms with Crippen LogP contribution in [-0.2, 0) is 9.30 Å². The van der Waals surface area contributed by atoms with E-state index in [9.17, 15) is 0 Å². The second kappa shape index (κ2) is 4.87. The van der Waals surface area contributed by atoms with E-state index in [1.165, 1.54) is 6.42 Å². The Morgan fingerprint density at radius 1 is 0.960 bits per heavy atom. The highest BCUT2D eigenvalue weighted by Gasteiger charge is 2.80. The lowest BCUT2D eigenvalue weighted by atomic mass is 9.71. The van der Waals surface area contributed by atoms with E-state index in [0.29, 0.717) is 5.92 Å². The van der Waals surface area contributed by atoms with Crippen molar-refractivity contribution in [2.45, 2.75) is 38.5 Å². The average Bonchev–Trinajstić information content (AvgIpc) is 3.14. The molecule has 1 aliphatic heterocycles. The van der Waals surface area contributed by atoms with Gasteiger partial charge in [-0.15, -0.1) is 0 Å². The van der Waals surface area contributed by atoms with Gasteiger partial charge in [-0.2, -0.15) is 0 Å². The number of hydrogen-bond donors (Lipinski definition) is 0. The van der Waals surface area contributed by atoms with E-state index in [1.807, 2.05) is 60.7 Å². The molecule has 1 saturated heterocycles. The minimum Gasteiger partial charge on any atom is -0.365 e. The third kappa shape index (κ3) is 1.60. The molecule has 2 saturated carbocycles. The summed E-state index contributed by atoms with van der Waals surface area (Å²) in [5.74, 6) is 0.631. The van der Waals surface area contributed by atoms with Crippen LogP contribution in [0.15, 0.2) is 60.7 Å². The summed E-state index contributed by atoms with van der Waals surface area (Å²) < 4.78 is 21.6. The largest absolute Gasteiger partial charge is 0.365 e. The second-order valence-electron chi connectivity index (χ2n) is 8.54. The van der Waals surface area contributed by atoms with Crippen molar-refractivity contribution in [3.63, 3.8) is 0 Å². The third-order valence-electron chi connectivity index (χ3n) is 7.90. The summed E-state index contributed by atoms with van der Waals surface area (Å²) >= 11 is 0. The van der Waals surface area contributed by atoms with Crippen molar-refractivity contribution in [3.05, 3.63) is 60.7 Å². The van der Waals surface area contributed by atoms with E-state index in [0.717, 1.165) is 30.1 Å². The lowest BCUT2D eigenvalue weighted by Crippen LogP contribution is -2.48. The molecule has 0 amide bonds. The van der Waals surface area contributed by atoms with Crippen LogP contribution in [0.2, 0.25) is 0 Å². The number of hydrogen-bond acceptors (Lipinski definition) is 2. The molecule has 3 fully saturated rings. The van der Waals surface area contributed by atoms with E-state index in [4.69, 9.17) is 4.74 Å². The first-order valence-corrected chi connectivity index (χ1v) is 11.0. The lowest BCUT2D eigenvalue weighted by molar-refractivity contribution is -0.0223. The molecular formula is C22H25O2P. The number of ether oxygens (including phenoxy) is 1. The van der Waals surface area contributed by atoms with Gasteiger partial charge < -0.3 is 9.30 Å². The summed E-state index contributed by atoms with van der Waals surface area (Å²) in [5, 5.41) is 1.33. The average molecular weight is 352 g/mol. The molecule has 2 aromatic carbocycles. The third-order valence-corrected chi connectivity index (χ3v) is 11.8. The first kappa shape index (κ1) is 15.9. The molecule has 5 rings (SSSR count). The topological polar surface area (TPSA) is 26.3 Å². The van der Waals surface area contributed by atoms with Gasteiger partial charge in [0.25, 0.3) is 0 Å². The molecule has 2 aliphatic carbocycles. The smallest absolute Gasteiger partial charge is 0.174 e. The highest BCUT2D eigenvalue weighted by molar-refractivity contribution is 7.80. The van der Waals surface area contributed by atoms with Crippen molar-refractivity contribution in [3.8, 4) is 0 Å².